The van der Waals surface area contributed by atoms with Gasteiger partial charge in [0, 0.05) is 23.5 Å². The number of halogens is 1. The number of carbonyl (C=O) groups is 2. The highest BCUT2D eigenvalue weighted by atomic mass is 35.5. The van der Waals surface area contributed by atoms with Crippen molar-refractivity contribution >= 4 is 29.0 Å². The zero-order chi connectivity index (χ0) is 25.5. The molecule has 0 spiro atoms. The van der Waals surface area contributed by atoms with Crippen molar-refractivity contribution in [3.63, 3.8) is 0 Å². The summed E-state index contributed by atoms with van der Waals surface area (Å²) in [5, 5.41) is 3.25. The minimum absolute atomic E-state index is 0.0245. The van der Waals surface area contributed by atoms with Gasteiger partial charge < -0.3 is 19.4 Å². The lowest BCUT2D eigenvalue weighted by Gasteiger charge is -2.16. The summed E-state index contributed by atoms with van der Waals surface area (Å²) in [6, 6.07) is 14.9. The molecule has 0 saturated carbocycles. The number of rotatable bonds is 11. The van der Waals surface area contributed by atoms with Gasteiger partial charge in [-0.2, -0.15) is 0 Å². The highest BCUT2D eigenvalue weighted by molar-refractivity contribution is 6.33. The second-order valence-corrected chi connectivity index (χ2v) is 8.91. The molecule has 35 heavy (non-hydrogen) atoms. The van der Waals surface area contributed by atoms with E-state index in [0.29, 0.717) is 27.8 Å². The van der Waals surface area contributed by atoms with E-state index in [0.717, 1.165) is 29.9 Å². The molecular weight excluding hydrogens is 466 g/mol. The number of ether oxygens (including phenoxy) is 2. The molecule has 1 aromatic heterocycles. The molecule has 7 nitrogen and oxygen atoms in total. The summed E-state index contributed by atoms with van der Waals surface area (Å²) in [7, 11) is 4.99. The molecule has 186 valence electrons. The normalized spacial score (nSPS) is 10.9. The number of hydrogen-bond donors (Lipinski definition) is 1. The Morgan fingerprint density at radius 2 is 1.71 bits per heavy atom. The number of aryl methyl sites for hydroxylation is 2. The molecule has 8 heteroatoms. The van der Waals surface area contributed by atoms with Crippen LogP contribution < -0.4 is 14.8 Å². The van der Waals surface area contributed by atoms with Crippen molar-refractivity contribution in [3.05, 3.63) is 76.1 Å². The minimum atomic E-state index is -0.228. The number of nitrogens with one attached hydrogen (secondary N) is 1. The molecule has 0 fully saturated rings. The lowest BCUT2D eigenvalue weighted by Crippen LogP contribution is -2.34. The molecule has 0 bridgehead atoms. The summed E-state index contributed by atoms with van der Waals surface area (Å²) in [5.74, 6) is 1.14. The molecule has 0 atom stereocenters. The quantitative estimate of drug-likeness (QED) is 0.386. The van der Waals surface area contributed by atoms with E-state index in [1.807, 2.05) is 38.1 Å². The summed E-state index contributed by atoms with van der Waals surface area (Å²) in [4.78, 5) is 27.1. The number of anilines is 1. The second-order valence-electron chi connectivity index (χ2n) is 8.50. The Kier molecular flexibility index (Phi) is 8.95. The number of aromatic nitrogens is 1. The number of ketones is 1. The minimum Gasteiger partial charge on any atom is -0.493 e. The number of likely N-dealkylation sites (N-methyl/N-ethyl adjacent to an activating group) is 1. The summed E-state index contributed by atoms with van der Waals surface area (Å²) < 4.78 is 12.9. The molecular formula is C27H32ClN3O4. The maximum absolute atomic E-state index is 13.0. The van der Waals surface area contributed by atoms with Gasteiger partial charge in [0.2, 0.25) is 5.91 Å². The lowest BCUT2D eigenvalue weighted by atomic mass is 10.1. The number of carbonyl (C=O) groups excluding carboxylic acids is 2. The summed E-state index contributed by atoms with van der Waals surface area (Å²) >= 11 is 6.10. The third kappa shape index (κ3) is 6.65. The van der Waals surface area contributed by atoms with Crippen LogP contribution in [0.25, 0.3) is 0 Å². The van der Waals surface area contributed by atoms with Crippen LogP contribution in [0.4, 0.5) is 5.69 Å². The number of para-hydroxylation sites is 1. The fourth-order valence-electron chi connectivity index (χ4n) is 4.09. The van der Waals surface area contributed by atoms with E-state index < -0.39 is 0 Å². The van der Waals surface area contributed by atoms with E-state index in [1.54, 1.807) is 50.4 Å². The van der Waals surface area contributed by atoms with E-state index in [4.69, 9.17) is 21.1 Å². The van der Waals surface area contributed by atoms with Crippen LogP contribution in [0, 0.1) is 13.8 Å². The number of Topliss-reactive ketones (excluding diaryl/α,β-unsaturated/α-hetero) is 1. The molecule has 0 saturated heterocycles. The number of nitrogens with zero attached hydrogens (tertiary/aromatic N) is 2. The topological polar surface area (TPSA) is 72.8 Å². The van der Waals surface area contributed by atoms with Gasteiger partial charge in [0.1, 0.15) is 0 Å². The zero-order valence-corrected chi connectivity index (χ0v) is 21.6. The Hall–Kier alpha value is -3.29. The summed E-state index contributed by atoms with van der Waals surface area (Å²) in [5.41, 5.74) is 4.28. The SMILES string of the molecule is COc1ccc(CCn2c(C)cc(C(=O)CN(C)CC(=O)Nc3ccccc3Cl)c2C)cc1OC. The van der Waals surface area contributed by atoms with Gasteiger partial charge in [0.25, 0.3) is 0 Å². The van der Waals surface area contributed by atoms with Gasteiger partial charge in [0.05, 0.1) is 38.0 Å². The number of amides is 1. The zero-order valence-electron chi connectivity index (χ0n) is 20.9. The molecule has 0 unspecified atom stereocenters. The number of benzene rings is 2. The van der Waals surface area contributed by atoms with Crippen LogP contribution in [0.3, 0.4) is 0 Å². The Balaban J connectivity index is 1.61. The first-order chi connectivity index (χ1) is 16.7. The van der Waals surface area contributed by atoms with Gasteiger partial charge in [-0.15, -0.1) is 0 Å². The van der Waals surface area contributed by atoms with Crippen molar-refractivity contribution in [1.82, 2.24) is 9.47 Å². The van der Waals surface area contributed by atoms with Crippen LogP contribution >= 0.6 is 11.6 Å². The molecule has 0 aliphatic carbocycles. The van der Waals surface area contributed by atoms with Crippen LogP contribution in [0.15, 0.2) is 48.5 Å². The van der Waals surface area contributed by atoms with Crippen molar-refractivity contribution in [2.75, 3.05) is 39.7 Å². The first-order valence-corrected chi connectivity index (χ1v) is 11.7. The van der Waals surface area contributed by atoms with Crippen LogP contribution in [0.2, 0.25) is 5.02 Å². The predicted molar refractivity (Wildman–Crippen MR) is 139 cm³/mol. The molecule has 3 rings (SSSR count). The fourth-order valence-corrected chi connectivity index (χ4v) is 4.27. The summed E-state index contributed by atoms with van der Waals surface area (Å²) in [6.45, 7) is 4.90. The molecule has 0 aliphatic rings. The largest absolute Gasteiger partial charge is 0.493 e. The Morgan fingerprint density at radius 3 is 2.40 bits per heavy atom. The molecule has 2 aromatic carbocycles. The fraction of sp³-hybridized carbons (Fsp3) is 0.333. The maximum atomic E-state index is 13.0. The van der Waals surface area contributed by atoms with Gasteiger partial charge in [-0.3, -0.25) is 14.5 Å². The highest BCUT2D eigenvalue weighted by Gasteiger charge is 2.19. The van der Waals surface area contributed by atoms with E-state index >= 15 is 0 Å². The number of methoxy groups -OCH3 is 2. The monoisotopic (exact) mass is 497 g/mol. The van der Waals surface area contributed by atoms with Gasteiger partial charge in [0.15, 0.2) is 17.3 Å². The molecule has 1 N–H and O–H groups in total. The van der Waals surface area contributed by atoms with Crippen LogP contribution in [-0.2, 0) is 17.8 Å². The Labute approximate surface area is 211 Å². The van der Waals surface area contributed by atoms with E-state index in [-0.39, 0.29) is 24.8 Å². The highest BCUT2D eigenvalue weighted by Crippen LogP contribution is 2.28. The van der Waals surface area contributed by atoms with Crippen LogP contribution in [0.5, 0.6) is 11.5 Å². The van der Waals surface area contributed by atoms with Crippen LogP contribution in [-0.4, -0.2) is 55.5 Å². The van der Waals surface area contributed by atoms with Crippen molar-refractivity contribution in [2.45, 2.75) is 26.8 Å². The molecule has 3 aromatic rings. The first-order valence-electron chi connectivity index (χ1n) is 11.4. The van der Waals surface area contributed by atoms with Gasteiger partial charge in [-0.05, 0) is 63.2 Å². The third-order valence-electron chi connectivity index (χ3n) is 5.92. The number of hydrogen-bond acceptors (Lipinski definition) is 5. The Bertz CT molecular complexity index is 1210. The van der Waals surface area contributed by atoms with Crippen molar-refractivity contribution in [3.8, 4) is 11.5 Å². The lowest BCUT2D eigenvalue weighted by molar-refractivity contribution is -0.116. The van der Waals surface area contributed by atoms with Gasteiger partial charge in [-0.1, -0.05) is 29.8 Å². The van der Waals surface area contributed by atoms with E-state index in [2.05, 4.69) is 9.88 Å². The average Bonchev–Trinajstić information content (AvgIpc) is 3.12. The van der Waals surface area contributed by atoms with Gasteiger partial charge >= 0.3 is 0 Å². The van der Waals surface area contributed by atoms with E-state index in [1.165, 1.54) is 0 Å². The van der Waals surface area contributed by atoms with Gasteiger partial charge in [-0.25, -0.2) is 0 Å². The van der Waals surface area contributed by atoms with Crippen LogP contribution in [0.1, 0.15) is 27.3 Å². The maximum Gasteiger partial charge on any atom is 0.238 e. The molecule has 1 heterocycles. The molecule has 0 aliphatic heterocycles. The van der Waals surface area contributed by atoms with Crippen molar-refractivity contribution in [2.24, 2.45) is 0 Å². The second kappa shape index (κ2) is 11.9. The van der Waals surface area contributed by atoms with Crippen molar-refractivity contribution in [1.29, 1.82) is 0 Å². The smallest absolute Gasteiger partial charge is 0.238 e. The molecule has 1 amide bonds. The molecule has 0 radical (unpaired) electrons. The van der Waals surface area contributed by atoms with E-state index in [9.17, 15) is 9.59 Å². The van der Waals surface area contributed by atoms with Crippen molar-refractivity contribution < 1.29 is 19.1 Å². The third-order valence-corrected chi connectivity index (χ3v) is 6.25. The first kappa shape index (κ1) is 26.3. The average molecular weight is 498 g/mol. The summed E-state index contributed by atoms with van der Waals surface area (Å²) in [6.07, 6.45) is 0.784. The Morgan fingerprint density at radius 1 is 1.00 bits per heavy atom. The standard InChI is InChI=1S/C27H32ClN3O4/c1-18-14-21(19(2)31(18)13-12-20-10-11-25(34-4)26(15-20)35-5)24(32)16-30(3)17-27(33)29-23-9-7-6-8-22(23)28/h6-11,14-15H,12-13,16-17H2,1-5H3,(H,29,33). The predicted octanol–water partition coefficient (Wildman–Crippen LogP) is 4.77.